The van der Waals surface area contributed by atoms with Gasteiger partial charge in [0.1, 0.15) is 11.4 Å². The van der Waals surface area contributed by atoms with Gasteiger partial charge in [0.25, 0.3) is 0 Å². The summed E-state index contributed by atoms with van der Waals surface area (Å²) in [6, 6.07) is 8.67. The molecule has 0 atom stereocenters. The van der Waals surface area contributed by atoms with Gasteiger partial charge in [0.15, 0.2) is 5.15 Å². The lowest BCUT2D eigenvalue weighted by Crippen LogP contribution is -2.37. The van der Waals surface area contributed by atoms with Crippen LogP contribution in [0.1, 0.15) is 48.0 Å². The van der Waals surface area contributed by atoms with Crippen molar-refractivity contribution < 1.29 is 23.8 Å². The summed E-state index contributed by atoms with van der Waals surface area (Å²) >= 11 is 6.52. The summed E-state index contributed by atoms with van der Waals surface area (Å²) in [5, 5.41) is 0.0943. The van der Waals surface area contributed by atoms with E-state index in [1.165, 1.54) is 12.0 Å². The van der Waals surface area contributed by atoms with Crippen molar-refractivity contribution in [2.45, 2.75) is 46.8 Å². The predicted octanol–water partition coefficient (Wildman–Crippen LogP) is 6.15. The number of carbonyl (C=O) groups excluding carboxylic acids is 2. The second kappa shape index (κ2) is 11.0. The van der Waals surface area contributed by atoms with Crippen molar-refractivity contribution in [3.8, 4) is 16.9 Å². The molecule has 3 aromatic rings. The number of anilines is 1. The van der Waals surface area contributed by atoms with Crippen LogP contribution in [0.3, 0.4) is 0 Å². The van der Waals surface area contributed by atoms with Crippen LogP contribution in [0.5, 0.6) is 5.75 Å². The van der Waals surface area contributed by atoms with E-state index >= 15 is 0 Å². The van der Waals surface area contributed by atoms with Crippen LogP contribution in [0.4, 0.5) is 10.5 Å². The van der Waals surface area contributed by atoms with Crippen molar-refractivity contribution in [3.05, 3.63) is 70.3 Å². The number of hydrogen-bond donors (Lipinski definition) is 0. The first kappa shape index (κ1) is 26.9. The summed E-state index contributed by atoms with van der Waals surface area (Å²) < 4.78 is 16.2. The normalized spacial score (nSPS) is 11.1. The molecule has 9 heteroatoms. The minimum atomic E-state index is -0.752. The Morgan fingerprint density at radius 3 is 2.39 bits per heavy atom. The van der Waals surface area contributed by atoms with Crippen LogP contribution in [0, 0.1) is 13.8 Å². The van der Waals surface area contributed by atoms with Crippen LogP contribution in [-0.4, -0.2) is 41.9 Å². The molecular formula is C27H30ClN3O5. The standard InChI is InChI=1S/C27H30ClN3O5/c1-16-13-29-21(17(2)23(16)34-6)15-31(26(33)36-27(3,4)5)22-12-18(14-30-24(22)28)19-10-8-9-11-20(19)25(32)35-7/h8-14H,15H2,1-7H3. The summed E-state index contributed by atoms with van der Waals surface area (Å²) in [7, 11) is 2.91. The highest BCUT2D eigenvalue weighted by Crippen LogP contribution is 2.34. The summed E-state index contributed by atoms with van der Waals surface area (Å²) in [6.45, 7) is 9.18. The van der Waals surface area contributed by atoms with Gasteiger partial charge in [-0.3, -0.25) is 9.88 Å². The molecular weight excluding hydrogens is 482 g/mol. The van der Waals surface area contributed by atoms with Crippen molar-refractivity contribution >= 4 is 29.4 Å². The first-order chi connectivity index (χ1) is 17.0. The molecule has 0 fully saturated rings. The number of hydrogen-bond acceptors (Lipinski definition) is 7. The number of carbonyl (C=O) groups is 2. The zero-order chi connectivity index (χ0) is 26.6. The van der Waals surface area contributed by atoms with Gasteiger partial charge in [0.05, 0.1) is 37.7 Å². The molecule has 190 valence electrons. The van der Waals surface area contributed by atoms with Gasteiger partial charge in [0.2, 0.25) is 0 Å². The van der Waals surface area contributed by atoms with E-state index in [9.17, 15) is 9.59 Å². The maximum Gasteiger partial charge on any atom is 0.415 e. The van der Waals surface area contributed by atoms with Gasteiger partial charge in [-0.1, -0.05) is 29.8 Å². The maximum atomic E-state index is 13.4. The van der Waals surface area contributed by atoms with Crippen molar-refractivity contribution in [1.82, 2.24) is 9.97 Å². The second-order valence-corrected chi connectivity index (χ2v) is 9.54. The average molecular weight is 512 g/mol. The molecule has 0 radical (unpaired) electrons. The van der Waals surface area contributed by atoms with E-state index in [2.05, 4.69) is 9.97 Å². The lowest BCUT2D eigenvalue weighted by molar-refractivity contribution is 0.0573. The Morgan fingerprint density at radius 1 is 1.06 bits per heavy atom. The predicted molar refractivity (Wildman–Crippen MR) is 139 cm³/mol. The number of aromatic nitrogens is 2. The Balaban J connectivity index is 2.15. The van der Waals surface area contributed by atoms with Crippen LogP contribution < -0.4 is 9.64 Å². The van der Waals surface area contributed by atoms with Crippen molar-refractivity contribution in [2.24, 2.45) is 0 Å². The highest BCUT2D eigenvalue weighted by atomic mass is 35.5. The minimum Gasteiger partial charge on any atom is -0.496 e. The Labute approximate surface area is 216 Å². The molecule has 2 heterocycles. The van der Waals surface area contributed by atoms with Gasteiger partial charge < -0.3 is 14.2 Å². The molecule has 0 N–H and O–H groups in total. The minimum absolute atomic E-state index is 0.0564. The van der Waals surface area contributed by atoms with Crippen LogP contribution in [0.2, 0.25) is 5.15 Å². The molecule has 0 aliphatic rings. The van der Waals surface area contributed by atoms with Crippen molar-refractivity contribution in [1.29, 1.82) is 0 Å². The summed E-state index contributed by atoms with van der Waals surface area (Å²) in [6.07, 6.45) is 2.61. The van der Waals surface area contributed by atoms with E-state index in [1.807, 2.05) is 13.8 Å². The van der Waals surface area contributed by atoms with Crippen LogP contribution in [0.15, 0.2) is 42.7 Å². The number of benzene rings is 1. The lowest BCUT2D eigenvalue weighted by atomic mass is 10.0. The Hall–Kier alpha value is -3.65. The Morgan fingerprint density at radius 2 is 1.75 bits per heavy atom. The fourth-order valence-corrected chi connectivity index (χ4v) is 3.95. The maximum absolute atomic E-state index is 13.4. The molecule has 0 saturated heterocycles. The van der Waals surface area contributed by atoms with Crippen LogP contribution >= 0.6 is 11.6 Å². The van der Waals surface area contributed by atoms with Gasteiger partial charge in [-0.2, -0.15) is 0 Å². The van der Waals surface area contributed by atoms with E-state index in [0.717, 1.165) is 11.1 Å². The van der Waals surface area contributed by atoms with Crippen LogP contribution in [0.25, 0.3) is 11.1 Å². The number of amides is 1. The molecule has 36 heavy (non-hydrogen) atoms. The summed E-state index contributed by atoms with van der Waals surface area (Å²) in [4.78, 5) is 36.0. The number of pyridine rings is 2. The van der Waals surface area contributed by atoms with Crippen molar-refractivity contribution in [3.63, 3.8) is 0 Å². The Bertz CT molecular complexity index is 1290. The smallest absolute Gasteiger partial charge is 0.415 e. The van der Waals surface area contributed by atoms with Crippen molar-refractivity contribution in [2.75, 3.05) is 19.1 Å². The number of nitrogens with zero attached hydrogens (tertiary/aromatic N) is 3. The van der Waals surface area contributed by atoms with Gasteiger partial charge in [-0.05, 0) is 52.3 Å². The van der Waals surface area contributed by atoms with Gasteiger partial charge in [-0.15, -0.1) is 0 Å². The third kappa shape index (κ3) is 5.94. The molecule has 0 spiro atoms. The van der Waals surface area contributed by atoms with E-state index in [1.54, 1.807) is 70.6 Å². The van der Waals surface area contributed by atoms with E-state index < -0.39 is 17.7 Å². The topological polar surface area (TPSA) is 90.9 Å². The molecule has 0 unspecified atom stereocenters. The molecule has 0 aliphatic heterocycles. The first-order valence-electron chi connectivity index (χ1n) is 11.3. The molecule has 1 aromatic carbocycles. The number of methoxy groups -OCH3 is 2. The molecule has 0 saturated carbocycles. The quantitative estimate of drug-likeness (QED) is 0.289. The van der Waals surface area contributed by atoms with Gasteiger partial charge in [-0.25, -0.2) is 14.6 Å². The average Bonchev–Trinajstić information content (AvgIpc) is 2.83. The fourth-order valence-electron chi connectivity index (χ4n) is 3.74. The number of aryl methyl sites for hydroxylation is 1. The van der Waals surface area contributed by atoms with E-state index in [4.69, 9.17) is 25.8 Å². The zero-order valence-corrected chi connectivity index (χ0v) is 22.3. The lowest BCUT2D eigenvalue weighted by Gasteiger charge is -2.28. The molecule has 1 amide bonds. The highest BCUT2D eigenvalue weighted by molar-refractivity contribution is 6.32. The molecule has 0 aliphatic carbocycles. The summed E-state index contributed by atoms with van der Waals surface area (Å²) in [5.41, 5.74) is 3.37. The SMILES string of the molecule is COC(=O)c1ccccc1-c1cnc(Cl)c(N(Cc2ncc(C)c(OC)c2C)C(=O)OC(C)(C)C)c1. The third-order valence-electron chi connectivity index (χ3n) is 5.43. The molecule has 3 rings (SSSR count). The molecule has 0 bridgehead atoms. The Kier molecular flexibility index (Phi) is 8.20. The third-order valence-corrected chi connectivity index (χ3v) is 5.72. The van der Waals surface area contributed by atoms with Gasteiger partial charge >= 0.3 is 12.1 Å². The fraction of sp³-hybridized carbons (Fsp3) is 0.333. The van der Waals surface area contributed by atoms with E-state index in [0.29, 0.717) is 33.8 Å². The number of rotatable bonds is 6. The van der Waals surface area contributed by atoms with E-state index in [-0.39, 0.29) is 11.7 Å². The first-order valence-corrected chi connectivity index (χ1v) is 11.7. The number of ether oxygens (including phenoxy) is 3. The summed E-state index contributed by atoms with van der Waals surface area (Å²) in [5.74, 6) is 0.201. The molecule has 2 aromatic heterocycles. The second-order valence-electron chi connectivity index (χ2n) is 9.18. The van der Waals surface area contributed by atoms with Crippen LogP contribution in [-0.2, 0) is 16.0 Å². The molecule has 8 nitrogen and oxygen atoms in total. The highest BCUT2D eigenvalue weighted by Gasteiger charge is 2.28. The number of esters is 1. The number of halogens is 1. The zero-order valence-electron chi connectivity index (χ0n) is 21.5. The monoisotopic (exact) mass is 511 g/mol. The largest absolute Gasteiger partial charge is 0.496 e. The van der Waals surface area contributed by atoms with Gasteiger partial charge in [0, 0.05) is 29.1 Å².